The lowest BCUT2D eigenvalue weighted by molar-refractivity contribution is -0.140. The van der Waals surface area contributed by atoms with E-state index >= 15 is 0 Å². The van der Waals surface area contributed by atoms with Gasteiger partial charge in [0.15, 0.2) is 0 Å². The quantitative estimate of drug-likeness (QED) is 0.870. The van der Waals surface area contributed by atoms with Gasteiger partial charge >= 0.3 is 5.97 Å². The smallest absolute Gasteiger partial charge is 0.305 e. The van der Waals surface area contributed by atoms with Crippen LogP contribution in [0.15, 0.2) is 24.3 Å². The number of hydrogen-bond acceptors (Lipinski definition) is 3. The molecule has 0 aliphatic carbocycles. The lowest BCUT2D eigenvalue weighted by atomic mass is 9.92. The normalized spacial score (nSPS) is 17.0. The number of hydrogen-bond donors (Lipinski definition) is 2. The lowest BCUT2D eigenvalue weighted by Crippen LogP contribution is -2.45. The van der Waals surface area contributed by atoms with Crippen molar-refractivity contribution in [2.45, 2.75) is 32.7 Å². The van der Waals surface area contributed by atoms with E-state index < -0.39 is 5.97 Å². The predicted molar refractivity (Wildman–Crippen MR) is 81.2 cm³/mol. The van der Waals surface area contributed by atoms with Gasteiger partial charge in [-0.3, -0.25) is 9.59 Å². The largest absolute Gasteiger partial charge is 0.481 e. The summed E-state index contributed by atoms with van der Waals surface area (Å²) < 4.78 is 0. The molecule has 2 N–H and O–H groups in total. The third-order valence-corrected chi connectivity index (χ3v) is 3.84. The minimum Gasteiger partial charge on any atom is -0.481 e. The molecule has 1 aromatic rings. The molecule has 0 fully saturated rings. The molecule has 1 aliphatic rings. The molecular weight excluding hydrogens is 268 g/mol. The Bertz CT molecular complexity index is 528. The Hall–Kier alpha value is -2.04. The number of benzene rings is 1. The van der Waals surface area contributed by atoms with Gasteiger partial charge in [-0.2, -0.15) is 0 Å². The molecule has 5 nitrogen and oxygen atoms in total. The summed E-state index contributed by atoms with van der Waals surface area (Å²) in [5.74, 6) is -0.968. The first-order valence-electron chi connectivity index (χ1n) is 7.33. The van der Waals surface area contributed by atoms with Gasteiger partial charge in [-0.1, -0.05) is 18.2 Å². The molecule has 0 radical (unpaired) electrons. The van der Waals surface area contributed by atoms with Crippen LogP contribution in [0.25, 0.3) is 0 Å². The topological polar surface area (TPSA) is 69.6 Å². The zero-order valence-corrected chi connectivity index (χ0v) is 12.5. The van der Waals surface area contributed by atoms with Gasteiger partial charge in [0.1, 0.15) is 0 Å². The molecule has 114 valence electrons. The first-order valence-corrected chi connectivity index (χ1v) is 7.33. The zero-order valence-electron chi connectivity index (χ0n) is 12.5. The summed E-state index contributed by atoms with van der Waals surface area (Å²) in [7, 11) is 0. The van der Waals surface area contributed by atoms with E-state index in [0.717, 1.165) is 11.3 Å². The van der Waals surface area contributed by atoms with Crippen LogP contribution in [0.4, 0.5) is 5.69 Å². The lowest BCUT2D eigenvalue weighted by Gasteiger charge is -2.33. The summed E-state index contributed by atoms with van der Waals surface area (Å²) in [6, 6.07) is 7.99. The highest BCUT2D eigenvalue weighted by Gasteiger charge is 2.29. The van der Waals surface area contributed by atoms with Gasteiger partial charge in [0.2, 0.25) is 5.91 Å². The van der Waals surface area contributed by atoms with Gasteiger partial charge in [-0.15, -0.1) is 0 Å². The SMILES string of the molecule is CC(C)N(CCC(=O)O)C(=O)C1CNc2ccccc2C1. The van der Waals surface area contributed by atoms with E-state index in [4.69, 9.17) is 5.11 Å². The standard InChI is InChI=1S/C16H22N2O3/c1-11(2)18(8-7-15(19)20)16(21)13-9-12-5-3-4-6-14(12)17-10-13/h3-6,11,13,17H,7-10H2,1-2H3,(H,19,20). The number of carbonyl (C=O) groups is 2. The van der Waals surface area contributed by atoms with Gasteiger partial charge < -0.3 is 15.3 Å². The molecule has 1 aliphatic heterocycles. The van der Waals surface area contributed by atoms with Crippen LogP contribution in [0.3, 0.4) is 0 Å². The van der Waals surface area contributed by atoms with E-state index in [-0.39, 0.29) is 30.8 Å². The molecule has 1 atom stereocenters. The summed E-state index contributed by atoms with van der Waals surface area (Å²) in [5, 5.41) is 12.1. The van der Waals surface area contributed by atoms with Gasteiger partial charge in [0, 0.05) is 24.8 Å². The van der Waals surface area contributed by atoms with Crippen LogP contribution >= 0.6 is 0 Å². The monoisotopic (exact) mass is 290 g/mol. The van der Waals surface area contributed by atoms with Gasteiger partial charge in [-0.05, 0) is 31.9 Å². The fourth-order valence-corrected chi connectivity index (χ4v) is 2.69. The van der Waals surface area contributed by atoms with Crippen molar-refractivity contribution < 1.29 is 14.7 Å². The second kappa shape index (κ2) is 6.61. The third kappa shape index (κ3) is 3.74. The van der Waals surface area contributed by atoms with Gasteiger partial charge in [0.05, 0.1) is 12.3 Å². The molecule has 0 saturated carbocycles. The fraction of sp³-hybridized carbons (Fsp3) is 0.500. The second-order valence-electron chi connectivity index (χ2n) is 5.71. The maximum atomic E-state index is 12.7. The summed E-state index contributed by atoms with van der Waals surface area (Å²) in [4.78, 5) is 25.1. The van der Waals surface area contributed by atoms with Crippen molar-refractivity contribution in [3.8, 4) is 0 Å². The zero-order chi connectivity index (χ0) is 15.4. The molecular formula is C16H22N2O3. The predicted octanol–water partition coefficient (Wildman–Crippen LogP) is 1.98. The van der Waals surface area contributed by atoms with E-state index in [1.54, 1.807) is 4.90 Å². The van der Waals surface area contributed by atoms with Crippen molar-refractivity contribution >= 4 is 17.6 Å². The Morgan fingerprint density at radius 2 is 2.10 bits per heavy atom. The van der Waals surface area contributed by atoms with E-state index in [9.17, 15) is 9.59 Å². The van der Waals surface area contributed by atoms with E-state index in [1.165, 1.54) is 0 Å². The van der Waals surface area contributed by atoms with Crippen LogP contribution in [0.2, 0.25) is 0 Å². The van der Waals surface area contributed by atoms with E-state index in [2.05, 4.69) is 5.32 Å². The molecule has 0 saturated heterocycles. The summed E-state index contributed by atoms with van der Waals surface area (Å²) in [6.45, 7) is 4.71. The van der Waals surface area contributed by atoms with Crippen LogP contribution in [0, 0.1) is 5.92 Å². The molecule has 0 spiro atoms. The number of fused-ring (bicyclic) bond motifs is 1. The number of carboxylic acids is 1. The Kier molecular flexibility index (Phi) is 4.83. The number of para-hydroxylation sites is 1. The van der Waals surface area contributed by atoms with Crippen LogP contribution in [0.5, 0.6) is 0 Å². The summed E-state index contributed by atoms with van der Waals surface area (Å²) in [6.07, 6.45) is 0.693. The molecule has 21 heavy (non-hydrogen) atoms. The molecule has 1 amide bonds. The van der Waals surface area contributed by atoms with Crippen molar-refractivity contribution in [1.82, 2.24) is 4.90 Å². The second-order valence-corrected chi connectivity index (χ2v) is 5.71. The van der Waals surface area contributed by atoms with Crippen LogP contribution in [0.1, 0.15) is 25.8 Å². The first-order chi connectivity index (χ1) is 9.99. The molecule has 1 unspecified atom stereocenters. The summed E-state index contributed by atoms with van der Waals surface area (Å²) >= 11 is 0. The fourth-order valence-electron chi connectivity index (χ4n) is 2.69. The highest BCUT2D eigenvalue weighted by atomic mass is 16.4. The number of rotatable bonds is 5. The Morgan fingerprint density at radius 1 is 1.38 bits per heavy atom. The van der Waals surface area contributed by atoms with Crippen LogP contribution < -0.4 is 5.32 Å². The number of nitrogens with one attached hydrogen (secondary N) is 1. The number of nitrogens with zero attached hydrogens (tertiary/aromatic N) is 1. The molecule has 0 bridgehead atoms. The van der Waals surface area contributed by atoms with Gasteiger partial charge in [0.25, 0.3) is 0 Å². The number of amides is 1. The molecule has 5 heteroatoms. The van der Waals surface area contributed by atoms with E-state index in [0.29, 0.717) is 13.0 Å². The van der Waals surface area contributed by atoms with Crippen molar-refractivity contribution in [3.05, 3.63) is 29.8 Å². The highest BCUT2D eigenvalue weighted by molar-refractivity contribution is 5.81. The number of anilines is 1. The molecule has 1 aromatic carbocycles. The first kappa shape index (κ1) is 15.4. The summed E-state index contributed by atoms with van der Waals surface area (Å²) in [5.41, 5.74) is 2.23. The minimum atomic E-state index is -0.874. The van der Waals surface area contributed by atoms with Crippen molar-refractivity contribution in [2.75, 3.05) is 18.4 Å². The van der Waals surface area contributed by atoms with Gasteiger partial charge in [-0.25, -0.2) is 0 Å². The van der Waals surface area contributed by atoms with Crippen molar-refractivity contribution in [3.63, 3.8) is 0 Å². The minimum absolute atomic E-state index is 0.00835. The highest BCUT2D eigenvalue weighted by Crippen LogP contribution is 2.25. The van der Waals surface area contributed by atoms with Crippen molar-refractivity contribution in [2.24, 2.45) is 5.92 Å². The Morgan fingerprint density at radius 3 is 2.76 bits per heavy atom. The van der Waals surface area contributed by atoms with Crippen LogP contribution in [-0.4, -0.2) is 41.0 Å². The Labute approximate surface area is 125 Å². The Balaban J connectivity index is 2.06. The molecule has 2 rings (SSSR count). The molecule has 1 heterocycles. The van der Waals surface area contributed by atoms with Crippen LogP contribution in [-0.2, 0) is 16.0 Å². The van der Waals surface area contributed by atoms with E-state index in [1.807, 2.05) is 38.1 Å². The number of aliphatic carboxylic acids is 1. The average molecular weight is 290 g/mol. The third-order valence-electron chi connectivity index (χ3n) is 3.84. The average Bonchev–Trinajstić information content (AvgIpc) is 2.46. The number of carboxylic acid groups (broad SMARTS) is 1. The van der Waals surface area contributed by atoms with Crippen molar-refractivity contribution in [1.29, 1.82) is 0 Å². The maximum absolute atomic E-state index is 12.7. The maximum Gasteiger partial charge on any atom is 0.305 e. The molecule has 0 aromatic heterocycles. The number of carbonyl (C=O) groups excluding carboxylic acids is 1.